The first-order valence-electron chi connectivity index (χ1n) is 5.28. The van der Waals surface area contributed by atoms with Crippen molar-refractivity contribution in [1.82, 2.24) is 10.2 Å². The number of nitrogens with zero attached hydrogens (tertiary/aromatic N) is 1. The van der Waals surface area contributed by atoms with Crippen LogP contribution in [0.25, 0.3) is 0 Å². The van der Waals surface area contributed by atoms with Crippen LogP contribution in [-0.2, 0) is 4.79 Å². The van der Waals surface area contributed by atoms with E-state index in [0.29, 0.717) is 5.92 Å². The van der Waals surface area contributed by atoms with Crippen molar-refractivity contribution in [3.63, 3.8) is 0 Å². The number of carbonyl (C=O) groups is 2. The first-order valence-corrected chi connectivity index (χ1v) is 5.28. The fourth-order valence-electron chi connectivity index (χ4n) is 1.66. The molecule has 0 spiro atoms. The Balaban J connectivity index is 2.22. The van der Waals surface area contributed by atoms with Crippen LogP contribution in [0, 0.1) is 5.92 Å². The molecule has 0 bridgehead atoms. The lowest BCUT2D eigenvalue weighted by atomic mass is 10.2. The number of hydrogen-bond acceptors (Lipinski definition) is 2. The molecule has 2 atom stereocenters. The first-order chi connectivity index (χ1) is 7.04. The van der Waals surface area contributed by atoms with E-state index in [2.05, 4.69) is 12.2 Å². The van der Waals surface area contributed by atoms with E-state index in [-0.39, 0.29) is 18.6 Å². The number of hydrogen-bond donors (Lipinski definition) is 2. The van der Waals surface area contributed by atoms with E-state index in [4.69, 9.17) is 5.11 Å². The second kappa shape index (κ2) is 5.00. The van der Waals surface area contributed by atoms with Crippen molar-refractivity contribution in [2.45, 2.75) is 32.2 Å². The molecule has 1 fully saturated rings. The summed E-state index contributed by atoms with van der Waals surface area (Å²) < 4.78 is 0. The largest absolute Gasteiger partial charge is 0.480 e. The highest BCUT2D eigenvalue weighted by atomic mass is 16.4. The third-order valence-electron chi connectivity index (χ3n) is 2.61. The molecule has 86 valence electrons. The third kappa shape index (κ3) is 3.77. The Morgan fingerprint density at radius 1 is 1.53 bits per heavy atom. The van der Waals surface area contributed by atoms with Gasteiger partial charge in [0.2, 0.25) is 0 Å². The van der Waals surface area contributed by atoms with Gasteiger partial charge in [-0.25, -0.2) is 4.79 Å². The molecule has 2 N–H and O–H groups in total. The lowest BCUT2D eigenvalue weighted by Gasteiger charge is -2.15. The Labute approximate surface area is 89.4 Å². The van der Waals surface area contributed by atoms with Gasteiger partial charge < -0.3 is 15.3 Å². The summed E-state index contributed by atoms with van der Waals surface area (Å²) in [5.74, 6) is -0.397. The molecule has 0 aromatic heterocycles. The SMILES string of the molecule is CCCC1CC1NC(=O)N(C)CC(=O)O. The number of urea groups is 1. The number of rotatable bonds is 5. The van der Waals surface area contributed by atoms with E-state index in [0.717, 1.165) is 19.3 Å². The number of amides is 2. The van der Waals surface area contributed by atoms with E-state index in [1.54, 1.807) is 0 Å². The van der Waals surface area contributed by atoms with Crippen LogP contribution < -0.4 is 5.32 Å². The fourth-order valence-corrected chi connectivity index (χ4v) is 1.66. The molecule has 0 aromatic carbocycles. The molecule has 0 aliphatic heterocycles. The highest BCUT2D eigenvalue weighted by Crippen LogP contribution is 2.34. The molecule has 1 aliphatic carbocycles. The molecule has 5 heteroatoms. The minimum atomic E-state index is -0.992. The highest BCUT2D eigenvalue weighted by molar-refractivity contribution is 5.80. The zero-order valence-corrected chi connectivity index (χ0v) is 9.19. The van der Waals surface area contributed by atoms with Crippen molar-refractivity contribution >= 4 is 12.0 Å². The summed E-state index contributed by atoms with van der Waals surface area (Å²) >= 11 is 0. The number of aliphatic carboxylic acids is 1. The lowest BCUT2D eigenvalue weighted by Crippen LogP contribution is -2.41. The van der Waals surface area contributed by atoms with E-state index in [1.165, 1.54) is 11.9 Å². The lowest BCUT2D eigenvalue weighted by molar-refractivity contribution is -0.137. The molecule has 0 radical (unpaired) electrons. The van der Waals surface area contributed by atoms with Crippen molar-refractivity contribution < 1.29 is 14.7 Å². The Morgan fingerprint density at radius 3 is 2.73 bits per heavy atom. The molecule has 1 rings (SSSR count). The molecule has 0 aromatic rings. The fraction of sp³-hybridized carbons (Fsp3) is 0.800. The molecule has 1 saturated carbocycles. The minimum Gasteiger partial charge on any atom is -0.480 e. The molecule has 2 unspecified atom stereocenters. The molecule has 15 heavy (non-hydrogen) atoms. The van der Waals surface area contributed by atoms with E-state index in [9.17, 15) is 9.59 Å². The van der Waals surface area contributed by atoms with E-state index in [1.807, 2.05) is 0 Å². The minimum absolute atomic E-state index is 0.253. The zero-order chi connectivity index (χ0) is 11.4. The summed E-state index contributed by atoms with van der Waals surface area (Å²) in [4.78, 5) is 23.0. The first kappa shape index (κ1) is 11.8. The van der Waals surface area contributed by atoms with Gasteiger partial charge in [-0.1, -0.05) is 13.3 Å². The van der Waals surface area contributed by atoms with Gasteiger partial charge in [-0.15, -0.1) is 0 Å². The van der Waals surface area contributed by atoms with Crippen LogP contribution in [0.4, 0.5) is 4.79 Å². The summed E-state index contributed by atoms with van der Waals surface area (Å²) in [7, 11) is 1.49. The normalized spacial score (nSPS) is 23.3. The molecule has 0 heterocycles. The van der Waals surface area contributed by atoms with Gasteiger partial charge in [-0.3, -0.25) is 4.79 Å². The Morgan fingerprint density at radius 2 is 2.20 bits per heavy atom. The maximum atomic E-state index is 11.4. The standard InChI is InChI=1S/C10H18N2O3/c1-3-4-7-5-8(7)11-10(15)12(2)6-9(13)14/h7-8H,3-6H2,1-2H3,(H,11,15)(H,13,14). The van der Waals surface area contributed by atoms with Crippen molar-refractivity contribution in [2.75, 3.05) is 13.6 Å². The molecular weight excluding hydrogens is 196 g/mol. The predicted molar refractivity (Wildman–Crippen MR) is 55.6 cm³/mol. The van der Waals surface area contributed by atoms with Gasteiger partial charge in [-0.05, 0) is 18.8 Å². The molecule has 5 nitrogen and oxygen atoms in total. The number of carbonyl (C=O) groups excluding carboxylic acids is 1. The third-order valence-corrected chi connectivity index (χ3v) is 2.61. The van der Waals surface area contributed by atoms with Crippen molar-refractivity contribution in [3.05, 3.63) is 0 Å². The van der Waals surface area contributed by atoms with E-state index >= 15 is 0 Å². The van der Waals surface area contributed by atoms with Crippen LogP contribution >= 0.6 is 0 Å². The van der Waals surface area contributed by atoms with Crippen LogP contribution in [0.1, 0.15) is 26.2 Å². The summed E-state index contributed by atoms with van der Waals surface area (Å²) in [6, 6.07) is -0.0327. The van der Waals surface area contributed by atoms with Crippen LogP contribution in [0.5, 0.6) is 0 Å². The monoisotopic (exact) mass is 214 g/mol. The van der Waals surface area contributed by atoms with Gasteiger partial charge in [0.25, 0.3) is 0 Å². The Kier molecular flexibility index (Phi) is 3.94. The van der Waals surface area contributed by atoms with Crippen LogP contribution in [0.15, 0.2) is 0 Å². The smallest absolute Gasteiger partial charge is 0.323 e. The quantitative estimate of drug-likeness (QED) is 0.714. The molecule has 1 aliphatic rings. The van der Waals surface area contributed by atoms with Crippen LogP contribution in [0.2, 0.25) is 0 Å². The number of carboxylic acids is 1. The number of carboxylic acid groups (broad SMARTS) is 1. The summed E-state index contributed by atoms with van der Waals surface area (Å²) in [5, 5.41) is 11.3. The Hall–Kier alpha value is -1.26. The van der Waals surface area contributed by atoms with Crippen molar-refractivity contribution in [2.24, 2.45) is 5.92 Å². The predicted octanol–water partition coefficient (Wildman–Crippen LogP) is 0.901. The van der Waals surface area contributed by atoms with Crippen molar-refractivity contribution in [1.29, 1.82) is 0 Å². The van der Waals surface area contributed by atoms with Gasteiger partial charge in [-0.2, -0.15) is 0 Å². The van der Waals surface area contributed by atoms with Crippen LogP contribution in [0.3, 0.4) is 0 Å². The zero-order valence-electron chi connectivity index (χ0n) is 9.19. The Bertz CT molecular complexity index is 255. The van der Waals surface area contributed by atoms with Gasteiger partial charge >= 0.3 is 12.0 Å². The van der Waals surface area contributed by atoms with Crippen molar-refractivity contribution in [3.8, 4) is 0 Å². The maximum Gasteiger partial charge on any atom is 0.323 e. The maximum absolute atomic E-state index is 11.4. The number of likely N-dealkylation sites (N-methyl/N-ethyl adjacent to an activating group) is 1. The number of nitrogens with one attached hydrogen (secondary N) is 1. The van der Waals surface area contributed by atoms with Crippen LogP contribution in [-0.4, -0.2) is 41.6 Å². The average molecular weight is 214 g/mol. The topological polar surface area (TPSA) is 69.6 Å². The summed E-state index contributed by atoms with van der Waals surface area (Å²) in [5.41, 5.74) is 0. The molecular formula is C10H18N2O3. The molecule has 2 amide bonds. The summed E-state index contributed by atoms with van der Waals surface area (Å²) in [6.07, 6.45) is 3.29. The second-order valence-corrected chi connectivity index (χ2v) is 4.09. The van der Waals surface area contributed by atoms with Gasteiger partial charge in [0.15, 0.2) is 0 Å². The van der Waals surface area contributed by atoms with Gasteiger partial charge in [0.05, 0.1) is 0 Å². The van der Waals surface area contributed by atoms with E-state index < -0.39 is 5.97 Å². The second-order valence-electron chi connectivity index (χ2n) is 4.09. The summed E-state index contributed by atoms with van der Waals surface area (Å²) in [6.45, 7) is 1.87. The average Bonchev–Trinajstić information content (AvgIpc) is 2.83. The highest BCUT2D eigenvalue weighted by Gasteiger charge is 2.37. The van der Waals surface area contributed by atoms with Gasteiger partial charge in [0.1, 0.15) is 6.54 Å². The van der Waals surface area contributed by atoms with Gasteiger partial charge in [0, 0.05) is 13.1 Å². The molecule has 0 saturated heterocycles.